The smallest absolute Gasteiger partial charge is 0.198 e. The Balaban J connectivity index is 2.04. The quantitative estimate of drug-likeness (QED) is 0.629. The van der Waals surface area contributed by atoms with E-state index >= 15 is 0 Å². The molecule has 0 aliphatic carbocycles. The molecule has 3 rings (SSSR count). The molecule has 0 aliphatic rings. The minimum absolute atomic E-state index is 0.0209. The van der Waals surface area contributed by atoms with Crippen molar-refractivity contribution in [2.24, 2.45) is 0 Å². The van der Waals surface area contributed by atoms with Crippen LogP contribution >= 0.6 is 0 Å². The van der Waals surface area contributed by atoms with Gasteiger partial charge < -0.3 is 4.74 Å². The number of ether oxygens (including phenoxy) is 1. The molecule has 3 heterocycles. The highest BCUT2D eigenvalue weighted by molar-refractivity contribution is 7.90. The van der Waals surface area contributed by atoms with E-state index in [2.05, 4.69) is 15.1 Å². The van der Waals surface area contributed by atoms with Crippen LogP contribution in [0.3, 0.4) is 0 Å². The van der Waals surface area contributed by atoms with Gasteiger partial charge in [-0.05, 0) is 13.3 Å². The van der Waals surface area contributed by atoms with E-state index < -0.39 is 9.84 Å². The molecule has 0 aromatic carbocycles. The number of fused-ring (bicyclic) bond motifs is 1. The summed E-state index contributed by atoms with van der Waals surface area (Å²) in [6, 6.07) is 0. The van der Waals surface area contributed by atoms with Gasteiger partial charge in [0.2, 0.25) is 0 Å². The molecule has 9 heteroatoms. The molecule has 3 aromatic heterocycles. The summed E-state index contributed by atoms with van der Waals surface area (Å²) in [6.07, 6.45) is 9.01. The molecule has 0 amide bonds. The summed E-state index contributed by atoms with van der Waals surface area (Å²) in [4.78, 5) is 8.36. The molecule has 0 bridgehead atoms. The van der Waals surface area contributed by atoms with Crippen LogP contribution in [0.4, 0.5) is 0 Å². The Morgan fingerprint density at radius 1 is 1.25 bits per heavy atom. The monoisotopic (exact) mass is 349 g/mol. The topological polar surface area (TPSA) is 91.4 Å². The lowest BCUT2D eigenvalue weighted by molar-refractivity contribution is 0.0694. The van der Waals surface area contributed by atoms with Crippen LogP contribution in [0, 0.1) is 6.92 Å². The van der Waals surface area contributed by atoms with Crippen molar-refractivity contribution in [3.63, 3.8) is 0 Å². The molecule has 0 atom stereocenters. The molecule has 24 heavy (non-hydrogen) atoms. The van der Waals surface area contributed by atoms with E-state index in [0.717, 1.165) is 23.9 Å². The first-order chi connectivity index (χ1) is 11.4. The zero-order valence-corrected chi connectivity index (χ0v) is 14.6. The predicted octanol–water partition coefficient (Wildman–Crippen LogP) is 1.69. The summed E-state index contributed by atoms with van der Waals surface area (Å²) in [5, 5.41) is 4.24. The number of imidazole rings is 1. The zero-order valence-electron chi connectivity index (χ0n) is 13.8. The van der Waals surface area contributed by atoms with Crippen LogP contribution in [0.5, 0.6) is 0 Å². The summed E-state index contributed by atoms with van der Waals surface area (Å²) in [5.74, 6) is 0. The van der Waals surface area contributed by atoms with Crippen LogP contribution < -0.4 is 0 Å². The Morgan fingerprint density at radius 2 is 2.04 bits per heavy atom. The van der Waals surface area contributed by atoms with Crippen molar-refractivity contribution in [3.8, 4) is 11.3 Å². The molecule has 0 unspecified atom stereocenters. The van der Waals surface area contributed by atoms with Gasteiger partial charge in [0.1, 0.15) is 6.73 Å². The minimum Gasteiger partial charge on any atom is -0.359 e. The van der Waals surface area contributed by atoms with E-state index in [1.165, 1.54) is 0 Å². The molecule has 8 nitrogen and oxygen atoms in total. The number of aromatic nitrogens is 5. The first-order valence-electron chi connectivity index (χ1n) is 7.55. The highest BCUT2D eigenvalue weighted by atomic mass is 32.2. The first-order valence-corrected chi connectivity index (χ1v) is 9.44. The maximum absolute atomic E-state index is 11.9. The standard InChI is InChI=1S/C15H19N5O3S/c1-4-5-23-10-19-9-12(6-17-19)13-7-16-14-15(24(3,21)22)18-11(2)8-20(13)14/h6-9H,4-5,10H2,1-3H3. The van der Waals surface area contributed by atoms with Crippen molar-refractivity contribution in [1.29, 1.82) is 0 Å². The Hall–Kier alpha value is -2.26. The fraction of sp³-hybridized carbons (Fsp3) is 0.400. The maximum atomic E-state index is 11.9. The average Bonchev–Trinajstić information content (AvgIpc) is 3.12. The summed E-state index contributed by atoms with van der Waals surface area (Å²) in [7, 11) is -3.47. The summed E-state index contributed by atoms with van der Waals surface area (Å²) in [6.45, 7) is 4.84. The second-order valence-electron chi connectivity index (χ2n) is 5.60. The third-order valence-electron chi connectivity index (χ3n) is 3.43. The molecule has 0 fully saturated rings. The number of rotatable bonds is 6. The minimum atomic E-state index is -3.47. The van der Waals surface area contributed by atoms with Crippen molar-refractivity contribution >= 4 is 15.5 Å². The lowest BCUT2D eigenvalue weighted by atomic mass is 10.3. The number of hydrogen-bond donors (Lipinski definition) is 0. The fourth-order valence-electron chi connectivity index (χ4n) is 2.41. The van der Waals surface area contributed by atoms with Gasteiger partial charge in [0.05, 0.1) is 23.8 Å². The van der Waals surface area contributed by atoms with Gasteiger partial charge in [-0.3, -0.25) is 4.40 Å². The van der Waals surface area contributed by atoms with Gasteiger partial charge in [-0.1, -0.05) is 6.92 Å². The molecular formula is C15H19N5O3S. The Bertz CT molecular complexity index is 974. The van der Waals surface area contributed by atoms with Crippen LogP contribution in [0.25, 0.3) is 16.9 Å². The van der Waals surface area contributed by atoms with Crippen LogP contribution in [0.1, 0.15) is 19.0 Å². The second-order valence-corrected chi connectivity index (χ2v) is 7.53. The highest BCUT2D eigenvalue weighted by Crippen LogP contribution is 2.23. The Kier molecular flexibility index (Phi) is 4.37. The van der Waals surface area contributed by atoms with Crippen LogP contribution in [0.2, 0.25) is 0 Å². The molecule has 0 aliphatic heterocycles. The summed E-state index contributed by atoms with van der Waals surface area (Å²) >= 11 is 0. The van der Waals surface area contributed by atoms with E-state index in [1.807, 2.05) is 13.1 Å². The fourth-order valence-corrected chi connectivity index (χ4v) is 3.20. The van der Waals surface area contributed by atoms with Crippen LogP contribution in [-0.4, -0.2) is 45.4 Å². The lowest BCUT2D eigenvalue weighted by Crippen LogP contribution is -2.06. The SMILES string of the molecule is CCCOCn1cc(-c2cnc3c(S(C)(=O)=O)nc(C)cn23)cn1. The van der Waals surface area contributed by atoms with Gasteiger partial charge in [0.25, 0.3) is 0 Å². The normalized spacial score (nSPS) is 12.1. The molecule has 0 spiro atoms. The predicted molar refractivity (Wildman–Crippen MR) is 88.3 cm³/mol. The molecule has 0 radical (unpaired) electrons. The van der Waals surface area contributed by atoms with Gasteiger partial charge in [0.15, 0.2) is 20.5 Å². The Labute approximate surface area is 140 Å². The molecule has 0 saturated carbocycles. The van der Waals surface area contributed by atoms with Gasteiger partial charge >= 0.3 is 0 Å². The van der Waals surface area contributed by atoms with E-state index in [4.69, 9.17) is 4.74 Å². The van der Waals surface area contributed by atoms with Gasteiger partial charge in [-0.15, -0.1) is 0 Å². The molecule has 3 aromatic rings. The zero-order chi connectivity index (χ0) is 17.3. The van der Waals surface area contributed by atoms with Crippen molar-refractivity contribution < 1.29 is 13.2 Å². The number of aryl methyl sites for hydroxylation is 1. The summed E-state index contributed by atoms with van der Waals surface area (Å²) in [5.41, 5.74) is 2.49. The number of nitrogens with zero attached hydrogens (tertiary/aromatic N) is 5. The van der Waals surface area contributed by atoms with Crippen LogP contribution in [-0.2, 0) is 21.3 Å². The van der Waals surface area contributed by atoms with E-state index in [-0.39, 0.29) is 5.03 Å². The third-order valence-corrected chi connectivity index (χ3v) is 4.41. The van der Waals surface area contributed by atoms with Crippen LogP contribution in [0.15, 0.2) is 29.8 Å². The maximum Gasteiger partial charge on any atom is 0.198 e. The average molecular weight is 349 g/mol. The van der Waals surface area contributed by atoms with Crippen molar-refractivity contribution in [3.05, 3.63) is 30.5 Å². The van der Waals surface area contributed by atoms with E-state index in [9.17, 15) is 8.42 Å². The van der Waals surface area contributed by atoms with Crippen molar-refractivity contribution in [2.45, 2.75) is 32.0 Å². The van der Waals surface area contributed by atoms with Gasteiger partial charge in [-0.25, -0.2) is 23.1 Å². The molecule has 0 saturated heterocycles. The molecule has 0 N–H and O–H groups in total. The molecule has 128 valence electrons. The van der Waals surface area contributed by atoms with E-state index in [0.29, 0.717) is 24.7 Å². The second kappa shape index (κ2) is 6.33. The largest absolute Gasteiger partial charge is 0.359 e. The number of sulfone groups is 1. The summed E-state index contributed by atoms with van der Waals surface area (Å²) < 4.78 is 32.8. The molecular weight excluding hydrogens is 330 g/mol. The first kappa shape index (κ1) is 16.6. The Morgan fingerprint density at radius 3 is 2.75 bits per heavy atom. The third kappa shape index (κ3) is 3.17. The van der Waals surface area contributed by atoms with Crippen molar-refractivity contribution in [2.75, 3.05) is 12.9 Å². The number of hydrogen-bond acceptors (Lipinski definition) is 6. The van der Waals surface area contributed by atoms with Gasteiger partial charge in [0, 0.05) is 30.8 Å². The van der Waals surface area contributed by atoms with E-state index in [1.54, 1.807) is 34.6 Å². The van der Waals surface area contributed by atoms with Gasteiger partial charge in [-0.2, -0.15) is 5.10 Å². The highest BCUT2D eigenvalue weighted by Gasteiger charge is 2.19. The lowest BCUT2D eigenvalue weighted by Gasteiger charge is -2.05. The van der Waals surface area contributed by atoms with Crippen molar-refractivity contribution in [1.82, 2.24) is 24.1 Å².